The summed E-state index contributed by atoms with van der Waals surface area (Å²) in [6, 6.07) is 0. The Kier molecular flexibility index (Phi) is 6.07. The van der Waals surface area contributed by atoms with Crippen LogP contribution in [0.5, 0.6) is 0 Å². The number of aliphatic hydroxyl groups excluding tert-OH is 1. The minimum absolute atomic E-state index is 0. The van der Waals surface area contributed by atoms with Crippen LogP contribution in [0.1, 0.15) is 6.42 Å². The van der Waals surface area contributed by atoms with E-state index in [4.69, 9.17) is 5.11 Å². The molecule has 1 N–H and O–H groups in total. The summed E-state index contributed by atoms with van der Waals surface area (Å²) < 4.78 is 52.6. The Morgan fingerprint density at radius 2 is 1.82 bits per heavy atom. The largest absolute Gasteiger partial charge is 1.00 e. The second-order valence-corrected chi connectivity index (χ2v) is 3.07. The van der Waals surface area contributed by atoms with Gasteiger partial charge < -0.3 is 9.66 Å². The van der Waals surface area contributed by atoms with Gasteiger partial charge in [0.15, 0.2) is 10.1 Å². The average molecular weight is 198 g/mol. The molecule has 0 aliphatic rings. The molecule has 0 atom stereocenters. The average Bonchev–Trinajstić information content (AvgIpc) is 1.61. The molecular formula is C3H5F2NaO4S. The van der Waals surface area contributed by atoms with Gasteiger partial charge in [-0.2, -0.15) is 8.78 Å². The molecule has 62 valence electrons. The minimum Gasteiger partial charge on any atom is -0.743 e. The molecule has 0 aliphatic carbocycles. The van der Waals surface area contributed by atoms with E-state index in [1.807, 2.05) is 0 Å². The second-order valence-electron chi connectivity index (χ2n) is 1.57. The van der Waals surface area contributed by atoms with Crippen molar-refractivity contribution in [1.82, 2.24) is 0 Å². The fourth-order valence-corrected chi connectivity index (χ4v) is 0.596. The van der Waals surface area contributed by atoms with E-state index in [2.05, 4.69) is 0 Å². The van der Waals surface area contributed by atoms with E-state index in [1.54, 1.807) is 0 Å². The number of halogens is 2. The van der Waals surface area contributed by atoms with Crippen LogP contribution in [0.15, 0.2) is 0 Å². The summed E-state index contributed by atoms with van der Waals surface area (Å²) in [5.41, 5.74) is 0. The van der Waals surface area contributed by atoms with E-state index in [-0.39, 0.29) is 29.6 Å². The Hall–Kier alpha value is 0.730. The Morgan fingerprint density at radius 1 is 1.45 bits per heavy atom. The Morgan fingerprint density at radius 3 is 1.91 bits per heavy atom. The first-order valence-corrected chi connectivity index (χ1v) is 3.66. The second kappa shape index (κ2) is 4.68. The molecule has 0 amide bonds. The van der Waals surface area contributed by atoms with Crippen LogP contribution < -0.4 is 29.6 Å². The molecular weight excluding hydrogens is 193 g/mol. The molecule has 0 saturated heterocycles. The van der Waals surface area contributed by atoms with E-state index >= 15 is 0 Å². The van der Waals surface area contributed by atoms with Crippen LogP contribution in [-0.2, 0) is 10.1 Å². The van der Waals surface area contributed by atoms with Gasteiger partial charge in [-0.25, -0.2) is 8.42 Å². The third-order valence-corrected chi connectivity index (χ3v) is 1.70. The normalized spacial score (nSPS) is 12.4. The number of alkyl halides is 2. The monoisotopic (exact) mass is 198 g/mol. The molecule has 0 unspecified atom stereocenters. The maximum atomic E-state index is 11.9. The van der Waals surface area contributed by atoms with E-state index in [9.17, 15) is 21.8 Å². The molecule has 0 aromatic heterocycles. The van der Waals surface area contributed by atoms with Gasteiger partial charge in [0.2, 0.25) is 0 Å². The van der Waals surface area contributed by atoms with E-state index < -0.39 is 28.4 Å². The van der Waals surface area contributed by atoms with Crippen molar-refractivity contribution in [2.45, 2.75) is 11.7 Å². The van der Waals surface area contributed by atoms with Crippen LogP contribution in [0, 0.1) is 0 Å². The van der Waals surface area contributed by atoms with Gasteiger partial charge in [0.05, 0.1) is 0 Å². The smallest absolute Gasteiger partial charge is 0.743 e. The van der Waals surface area contributed by atoms with Gasteiger partial charge in [-0.3, -0.25) is 0 Å². The van der Waals surface area contributed by atoms with Crippen LogP contribution >= 0.6 is 0 Å². The number of rotatable bonds is 3. The van der Waals surface area contributed by atoms with Gasteiger partial charge in [-0.1, -0.05) is 0 Å². The Labute approximate surface area is 84.6 Å². The van der Waals surface area contributed by atoms with Gasteiger partial charge in [-0.05, 0) is 0 Å². The van der Waals surface area contributed by atoms with Gasteiger partial charge in [0.25, 0.3) is 0 Å². The topological polar surface area (TPSA) is 77.4 Å². The number of aliphatic hydroxyl groups is 1. The third-order valence-electron chi connectivity index (χ3n) is 0.769. The zero-order chi connectivity index (χ0) is 8.41. The molecule has 0 spiro atoms. The van der Waals surface area contributed by atoms with Crippen molar-refractivity contribution >= 4 is 10.1 Å². The van der Waals surface area contributed by atoms with Crippen molar-refractivity contribution < 1.29 is 56.4 Å². The first-order chi connectivity index (χ1) is 4.31. The van der Waals surface area contributed by atoms with Crippen molar-refractivity contribution in [3.05, 3.63) is 0 Å². The molecule has 0 aliphatic heterocycles. The first-order valence-electron chi connectivity index (χ1n) is 2.25. The number of hydrogen-bond donors (Lipinski definition) is 1. The van der Waals surface area contributed by atoms with Crippen LogP contribution in [0.3, 0.4) is 0 Å². The minimum atomic E-state index is -5.61. The van der Waals surface area contributed by atoms with Gasteiger partial charge in [0, 0.05) is 13.0 Å². The predicted molar refractivity (Wildman–Crippen MR) is 26.3 cm³/mol. The quantitative estimate of drug-likeness (QED) is 0.377. The zero-order valence-electron chi connectivity index (χ0n) is 5.75. The fraction of sp³-hybridized carbons (Fsp3) is 1.00. The molecule has 0 fully saturated rings. The van der Waals surface area contributed by atoms with Crippen molar-refractivity contribution in [3.8, 4) is 0 Å². The number of hydrogen-bond acceptors (Lipinski definition) is 4. The van der Waals surface area contributed by atoms with E-state index in [0.29, 0.717) is 0 Å². The van der Waals surface area contributed by atoms with Crippen LogP contribution in [0.25, 0.3) is 0 Å². The Balaban J connectivity index is 0. The zero-order valence-corrected chi connectivity index (χ0v) is 8.57. The van der Waals surface area contributed by atoms with Gasteiger partial charge in [0.1, 0.15) is 0 Å². The molecule has 0 radical (unpaired) electrons. The SMILES string of the molecule is O=S(=O)([O-])C(F)(F)CCO.[Na+]. The summed E-state index contributed by atoms with van der Waals surface area (Å²) in [7, 11) is -5.61. The van der Waals surface area contributed by atoms with Crippen LogP contribution in [-0.4, -0.2) is 29.9 Å². The van der Waals surface area contributed by atoms with Gasteiger partial charge >= 0.3 is 34.8 Å². The third kappa shape index (κ3) is 4.34. The van der Waals surface area contributed by atoms with Crippen molar-refractivity contribution in [2.75, 3.05) is 6.61 Å². The molecule has 11 heavy (non-hydrogen) atoms. The molecule has 0 aromatic carbocycles. The Bertz CT molecular complexity index is 201. The summed E-state index contributed by atoms with van der Waals surface area (Å²) in [6.45, 7) is -1.03. The van der Waals surface area contributed by atoms with E-state index in [1.165, 1.54) is 0 Å². The molecule has 0 bridgehead atoms. The summed E-state index contributed by atoms with van der Waals surface area (Å²) in [4.78, 5) is 0. The maximum Gasteiger partial charge on any atom is 1.00 e. The van der Waals surface area contributed by atoms with E-state index in [0.717, 1.165) is 0 Å². The van der Waals surface area contributed by atoms with Gasteiger partial charge in [-0.15, -0.1) is 0 Å². The summed E-state index contributed by atoms with van der Waals surface area (Å²) in [6.07, 6.45) is -1.35. The molecule has 4 nitrogen and oxygen atoms in total. The summed E-state index contributed by atoms with van der Waals surface area (Å²) >= 11 is 0. The molecule has 0 rings (SSSR count). The molecule has 8 heteroatoms. The standard InChI is InChI=1S/C3H6F2O4S.Na/c4-3(5,1-2-6)10(7,8)9;/h6H,1-2H2,(H,7,8,9);/q;+1/p-1. The fourth-order valence-electron chi connectivity index (χ4n) is 0.255. The molecule has 0 saturated carbocycles. The van der Waals surface area contributed by atoms with Crippen molar-refractivity contribution in [1.29, 1.82) is 0 Å². The van der Waals surface area contributed by atoms with Crippen LogP contribution in [0.2, 0.25) is 0 Å². The summed E-state index contributed by atoms with van der Waals surface area (Å²) in [5.74, 6) is 0. The first kappa shape index (κ1) is 14.3. The van der Waals surface area contributed by atoms with Crippen molar-refractivity contribution in [3.63, 3.8) is 0 Å². The van der Waals surface area contributed by atoms with Crippen LogP contribution in [0.4, 0.5) is 8.78 Å². The predicted octanol–water partition coefficient (Wildman–Crippen LogP) is -3.49. The molecule has 0 aromatic rings. The van der Waals surface area contributed by atoms with Crippen molar-refractivity contribution in [2.24, 2.45) is 0 Å². The summed E-state index contributed by atoms with van der Waals surface area (Å²) in [5, 5.41) is 3.54. The maximum absolute atomic E-state index is 11.9. The molecule has 0 heterocycles.